The molecule has 7 nitrogen and oxygen atoms in total. The average Bonchev–Trinajstić information content (AvgIpc) is 2.95. The van der Waals surface area contributed by atoms with E-state index in [1.807, 2.05) is 19.9 Å². The van der Waals surface area contributed by atoms with E-state index in [0.717, 1.165) is 30.1 Å². The van der Waals surface area contributed by atoms with Crippen molar-refractivity contribution in [1.82, 2.24) is 24.8 Å². The minimum absolute atomic E-state index is 0.229. The summed E-state index contributed by atoms with van der Waals surface area (Å²) >= 11 is 0. The molecule has 2 aromatic heterocycles. The van der Waals surface area contributed by atoms with Gasteiger partial charge in [0.2, 0.25) is 0 Å². The van der Waals surface area contributed by atoms with E-state index in [2.05, 4.69) is 20.3 Å². The van der Waals surface area contributed by atoms with Gasteiger partial charge in [-0.3, -0.25) is 4.79 Å². The third-order valence-electron chi connectivity index (χ3n) is 4.51. The smallest absolute Gasteiger partial charge is 0.254 e. The van der Waals surface area contributed by atoms with Gasteiger partial charge in [-0.05, 0) is 39.8 Å². The van der Waals surface area contributed by atoms with Crippen LogP contribution in [0, 0.1) is 13.8 Å². The molecule has 1 fully saturated rings. The lowest BCUT2D eigenvalue weighted by Crippen LogP contribution is -2.42. The van der Waals surface area contributed by atoms with Gasteiger partial charge < -0.3 is 15.3 Å². The van der Waals surface area contributed by atoms with Gasteiger partial charge in [-0.15, -0.1) is 0 Å². The third-order valence-corrected chi connectivity index (χ3v) is 4.51. The fourth-order valence-corrected chi connectivity index (χ4v) is 3.20. The van der Waals surface area contributed by atoms with E-state index in [9.17, 15) is 9.90 Å². The molecule has 1 amide bonds. The normalized spacial score (nSPS) is 17.1. The number of aliphatic hydroxyl groups is 1. The maximum atomic E-state index is 12.4. The van der Waals surface area contributed by atoms with E-state index in [1.165, 1.54) is 19.3 Å². The lowest BCUT2D eigenvalue weighted by molar-refractivity contribution is 0.0829. The van der Waals surface area contributed by atoms with Crippen molar-refractivity contribution in [3.8, 4) is 0 Å². The number of aromatic nitrogens is 3. The monoisotopic (exact) mass is 331 g/mol. The molecule has 130 valence electrons. The summed E-state index contributed by atoms with van der Waals surface area (Å²) in [4.78, 5) is 18.9. The van der Waals surface area contributed by atoms with Gasteiger partial charge in [-0.25, -0.2) is 9.50 Å². The fraction of sp³-hybridized carbons (Fsp3) is 0.588. The number of nitrogens with one attached hydrogen (secondary N) is 1. The van der Waals surface area contributed by atoms with Crippen molar-refractivity contribution in [3.05, 3.63) is 29.2 Å². The molecule has 0 spiro atoms. The molecule has 1 saturated heterocycles. The Morgan fingerprint density at radius 3 is 2.83 bits per heavy atom. The number of β-amino-alcohol motifs (C(OH)–C–C–N with tert-alkyl or cyclic N) is 1. The SMILES string of the molecule is Cc1cc2ncc(C(=O)NC[C@@H](O)CN3CCCCC3)c(C)n2n1. The summed E-state index contributed by atoms with van der Waals surface area (Å²) in [5.74, 6) is -0.229. The highest BCUT2D eigenvalue weighted by Crippen LogP contribution is 2.11. The van der Waals surface area contributed by atoms with Crippen molar-refractivity contribution in [2.45, 2.75) is 39.2 Å². The second-order valence-corrected chi connectivity index (χ2v) is 6.54. The van der Waals surface area contributed by atoms with Gasteiger partial charge in [0.15, 0.2) is 5.65 Å². The second kappa shape index (κ2) is 7.27. The summed E-state index contributed by atoms with van der Waals surface area (Å²) in [5, 5.41) is 17.3. The number of amides is 1. The lowest BCUT2D eigenvalue weighted by atomic mass is 10.1. The molecule has 2 aromatic rings. The first kappa shape index (κ1) is 16.9. The first-order valence-corrected chi connectivity index (χ1v) is 8.55. The zero-order chi connectivity index (χ0) is 17.1. The molecular formula is C17H25N5O2. The second-order valence-electron chi connectivity index (χ2n) is 6.54. The summed E-state index contributed by atoms with van der Waals surface area (Å²) in [7, 11) is 0. The first-order valence-electron chi connectivity index (χ1n) is 8.55. The van der Waals surface area contributed by atoms with E-state index in [-0.39, 0.29) is 12.5 Å². The van der Waals surface area contributed by atoms with Crippen LogP contribution in [0.15, 0.2) is 12.3 Å². The highest BCUT2D eigenvalue weighted by Gasteiger charge is 2.17. The number of likely N-dealkylation sites (tertiary alicyclic amines) is 1. The molecular weight excluding hydrogens is 306 g/mol. The van der Waals surface area contributed by atoms with Crippen LogP contribution in [-0.2, 0) is 0 Å². The number of hydrogen-bond donors (Lipinski definition) is 2. The number of aryl methyl sites for hydroxylation is 2. The van der Waals surface area contributed by atoms with Crippen LogP contribution in [0.25, 0.3) is 5.65 Å². The third kappa shape index (κ3) is 3.73. The molecule has 0 aliphatic carbocycles. The van der Waals surface area contributed by atoms with Crippen LogP contribution in [0.5, 0.6) is 0 Å². The maximum absolute atomic E-state index is 12.4. The number of aliphatic hydroxyl groups excluding tert-OH is 1. The summed E-state index contributed by atoms with van der Waals surface area (Å²) in [6.07, 6.45) is 4.65. The number of piperidine rings is 1. The highest BCUT2D eigenvalue weighted by molar-refractivity contribution is 5.95. The minimum atomic E-state index is -0.559. The molecule has 0 saturated carbocycles. The molecule has 3 rings (SSSR count). The van der Waals surface area contributed by atoms with Crippen molar-refractivity contribution in [2.75, 3.05) is 26.2 Å². The number of carbonyl (C=O) groups is 1. The van der Waals surface area contributed by atoms with Crippen molar-refractivity contribution in [1.29, 1.82) is 0 Å². The van der Waals surface area contributed by atoms with E-state index in [0.29, 0.717) is 12.1 Å². The van der Waals surface area contributed by atoms with Gasteiger partial charge in [-0.1, -0.05) is 6.42 Å². The number of nitrogens with zero attached hydrogens (tertiary/aromatic N) is 4. The van der Waals surface area contributed by atoms with Crippen molar-refractivity contribution >= 4 is 11.6 Å². The Labute approximate surface area is 141 Å². The number of hydrogen-bond acceptors (Lipinski definition) is 5. The largest absolute Gasteiger partial charge is 0.390 e. The van der Waals surface area contributed by atoms with Crippen LogP contribution in [0.3, 0.4) is 0 Å². The number of carbonyl (C=O) groups excluding carboxylic acids is 1. The Morgan fingerprint density at radius 2 is 2.08 bits per heavy atom. The van der Waals surface area contributed by atoms with Crippen molar-refractivity contribution in [3.63, 3.8) is 0 Å². The van der Waals surface area contributed by atoms with Gasteiger partial charge in [0.05, 0.1) is 23.1 Å². The van der Waals surface area contributed by atoms with Gasteiger partial charge in [0, 0.05) is 25.4 Å². The molecule has 1 atom stereocenters. The number of rotatable bonds is 5. The average molecular weight is 331 g/mol. The lowest BCUT2D eigenvalue weighted by Gasteiger charge is -2.28. The summed E-state index contributed by atoms with van der Waals surface area (Å²) in [5.41, 5.74) is 2.82. The molecule has 24 heavy (non-hydrogen) atoms. The van der Waals surface area contributed by atoms with E-state index in [1.54, 1.807) is 10.7 Å². The Morgan fingerprint density at radius 1 is 1.33 bits per heavy atom. The first-order chi connectivity index (χ1) is 11.5. The van der Waals surface area contributed by atoms with Crippen LogP contribution in [0.1, 0.15) is 41.0 Å². The molecule has 1 aliphatic rings. The highest BCUT2D eigenvalue weighted by atomic mass is 16.3. The molecule has 7 heteroatoms. The van der Waals surface area contributed by atoms with E-state index in [4.69, 9.17) is 0 Å². The van der Waals surface area contributed by atoms with Crippen molar-refractivity contribution in [2.24, 2.45) is 0 Å². The minimum Gasteiger partial charge on any atom is -0.390 e. The van der Waals surface area contributed by atoms with Crippen LogP contribution < -0.4 is 5.32 Å². The maximum Gasteiger partial charge on any atom is 0.254 e. The zero-order valence-corrected chi connectivity index (χ0v) is 14.3. The van der Waals surface area contributed by atoms with Gasteiger partial charge >= 0.3 is 0 Å². The Hall–Kier alpha value is -1.99. The topological polar surface area (TPSA) is 82.8 Å². The fourth-order valence-electron chi connectivity index (χ4n) is 3.20. The summed E-state index contributed by atoms with van der Waals surface area (Å²) in [6, 6.07) is 1.87. The Balaban J connectivity index is 1.59. The molecule has 3 heterocycles. The molecule has 0 aromatic carbocycles. The van der Waals surface area contributed by atoms with Crippen LogP contribution in [0.4, 0.5) is 0 Å². The van der Waals surface area contributed by atoms with E-state index < -0.39 is 6.10 Å². The summed E-state index contributed by atoms with van der Waals surface area (Å²) < 4.78 is 1.68. The quantitative estimate of drug-likeness (QED) is 0.851. The zero-order valence-electron chi connectivity index (χ0n) is 14.3. The number of fused-ring (bicyclic) bond motifs is 1. The van der Waals surface area contributed by atoms with Gasteiger partial charge in [0.1, 0.15) is 0 Å². The standard InChI is InChI=1S/C17H25N5O2/c1-12-8-16-18-10-15(13(2)22(16)20-12)17(24)19-9-14(23)11-21-6-4-3-5-7-21/h8,10,14,23H,3-7,9,11H2,1-2H3,(H,19,24)/t14-/m1/s1. The van der Waals surface area contributed by atoms with Crippen LogP contribution in [0.2, 0.25) is 0 Å². The van der Waals surface area contributed by atoms with Crippen molar-refractivity contribution < 1.29 is 9.90 Å². The van der Waals surface area contributed by atoms with Crippen LogP contribution >= 0.6 is 0 Å². The molecule has 0 unspecified atom stereocenters. The predicted octanol–water partition coefficient (Wildman–Crippen LogP) is 0.923. The van der Waals surface area contributed by atoms with Gasteiger partial charge in [-0.2, -0.15) is 5.10 Å². The molecule has 2 N–H and O–H groups in total. The Kier molecular flexibility index (Phi) is 5.11. The predicted molar refractivity (Wildman–Crippen MR) is 91.1 cm³/mol. The van der Waals surface area contributed by atoms with E-state index >= 15 is 0 Å². The molecule has 1 aliphatic heterocycles. The molecule has 0 bridgehead atoms. The van der Waals surface area contributed by atoms with Gasteiger partial charge in [0.25, 0.3) is 5.91 Å². The summed E-state index contributed by atoms with van der Waals surface area (Å²) in [6.45, 7) is 6.65. The van der Waals surface area contributed by atoms with Crippen LogP contribution in [-0.4, -0.2) is 62.8 Å². The Bertz CT molecular complexity index is 721. The molecule has 0 radical (unpaired) electrons.